The van der Waals surface area contributed by atoms with Crippen LogP contribution in [-0.4, -0.2) is 15.2 Å². The minimum absolute atomic E-state index is 0.401. The number of allylic oxidation sites excluding steroid dienone is 1. The number of fused-ring (bicyclic) bond motifs is 1. The lowest BCUT2D eigenvalue weighted by atomic mass is 9.73. The van der Waals surface area contributed by atoms with Gasteiger partial charge in [0, 0.05) is 11.8 Å². The summed E-state index contributed by atoms with van der Waals surface area (Å²) < 4.78 is 14.2. The van der Waals surface area contributed by atoms with Gasteiger partial charge < -0.3 is 0 Å². The topological polar surface area (TPSA) is 41.6 Å². The SMILES string of the molecule is Fc1[nH]nc2ccc(/C(=C(/c3ccccc3)C3CCC3)c3ccccn3)cc12. The van der Waals surface area contributed by atoms with E-state index in [-0.39, 0.29) is 0 Å². The fraction of sp³-hybridized carbons (Fsp3) is 0.167. The molecule has 3 nitrogen and oxygen atoms in total. The number of nitrogens with one attached hydrogen (secondary N) is 1. The van der Waals surface area contributed by atoms with Crippen LogP contribution < -0.4 is 0 Å². The molecule has 0 spiro atoms. The quantitative estimate of drug-likeness (QED) is 0.458. The third-order valence-corrected chi connectivity index (χ3v) is 5.58. The van der Waals surface area contributed by atoms with Crippen LogP contribution in [0.15, 0.2) is 72.9 Å². The average molecular weight is 369 g/mol. The number of hydrogen-bond acceptors (Lipinski definition) is 2. The molecule has 1 fully saturated rings. The van der Waals surface area contributed by atoms with Crippen molar-refractivity contribution in [1.82, 2.24) is 15.2 Å². The van der Waals surface area contributed by atoms with E-state index >= 15 is 0 Å². The maximum absolute atomic E-state index is 14.2. The second-order valence-electron chi connectivity index (χ2n) is 7.27. The summed E-state index contributed by atoms with van der Waals surface area (Å²) in [5, 5.41) is 6.97. The van der Waals surface area contributed by atoms with Gasteiger partial charge in [-0.25, -0.2) is 0 Å². The molecule has 0 atom stereocenters. The lowest BCUT2D eigenvalue weighted by molar-refractivity contribution is 0.401. The first kappa shape index (κ1) is 16.9. The highest BCUT2D eigenvalue weighted by Crippen LogP contribution is 2.44. The fourth-order valence-electron chi connectivity index (χ4n) is 3.99. The average Bonchev–Trinajstić information content (AvgIpc) is 3.08. The Morgan fingerprint density at radius 2 is 1.75 bits per heavy atom. The Hall–Kier alpha value is -3.27. The Bertz CT molecular complexity index is 1140. The Morgan fingerprint density at radius 1 is 0.929 bits per heavy atom. The first-order chi connectivity index (χ1) is 13.8. The number of halogens is 1. The predicted molar refractivity (Wildman–Crippen MR) is 110 cm³/mol. The second kappa shape index (κ2) is 7.04. The van der Waals surface area contributed by atoms with E-state index in [1.54, 1.807) is 0 Å². The highest BCUT2D eigenvalue weighted by atomic mass is 19.1. The van der Waals surface area contributed by atoms with Gasteiger partial charge >= 0.3 is 0 Å². The van der Waals surface area contributed by atoms with Gasteiger partial charge in [-0.05, 0) is 59.7 Å². The third-order valence-electron chi connectivity index (χ3n) is 5.58. The van der Waals surface area contributed by atoms with E-state index in [0.29, 0.717) is 16.8 Å². The van der Waals surface area contributed by atoms with Crippen molar-refractivity contribution in [1.29, 1.82) is 0 Å². The number of rotatable bonds is 4. The molecule has 0 bridgehead atoms. The molecule has 0 aliphatic heterocycles. The zero-order chi connectivity index (χ0) is 18.9. The monoisotopic (exact) mass is 369 g/mol. The zero-order valence-electron chi connectivity index (χ0n) is 15.4. The number of pyridine rings is 1. The molecule has 0 saturated heterocycles. The molecule has 2 aromatic carbocycles. The summed E-state index contributed by atoms with van der Waals surface area (Å²) in [5.41, 5.74) is 6.11. The molecular formula is C24H20FN3. The Kier molecular flexibility index (Phi) is 4.24. The number of H-pyrrole nitrogens is 1. The van der Waals surface area contributed by atoms with Crippen LogP contribution in [0.3, 0.4) is 0 Å². The first-order valence-corrected chi connectivity index (χ1v) is 9.66. The molecule has 4 aromatic rings. The lowest BCUT2D eigenvalue weighted by Crippen LogP contribution is -2.15. The molecule has 1 aliphatic rings. The summed E-state index contributed by atoms with van der Waals surface area (Å²) in [6.45, 7) is 0. The number of aromatic amines is 1. The van der Waals surface area contributed by atoms with Gasteiger partial charge in [0.2, 0.25) is 5.95 Å². The highest BCUT2D eigenvalue weighted by molar-refractivity contribution is 6.00. The third kappa shape index (κ3) is 2.91. The van der Waals surface area contributed by atoms with E-state index in [1.807, 2.05) is 48.7 Å². The molecule has 1 aliphatic carbocycles. The second-order valence-corrected chi connectivity index (χ2v) is 7.27. The van der Waals surface area contributed by atoms with Gasteiger partial charge in [-0.3, -0.25) is 10.1 Å². The van der Waals surface area contributed by atoms with Crippen LogP contribution in [0.5, 0.6) is 0 Å². The van der Waals surface area contributed by atoms with Gasteiger partial charge in [0.15, 0.2) is 0 Å². The van der Waals surface area contributed by atoms with Crippen molar-refractivity contribution in [2.75, 3.05) is 0 Å². The van der Waals surface area contributed by atoms with Crippen LogP contribution in [0.2, 0.25) is 0 Å². The highest BCUT2D eigenvalue weighted by Gasteiger charge is 2.27. The van der Waals surface area contributed by atoms with Crippen LogP contribution in [-0.2, 0) is 0 Å². The molecule has 0 radical (unpaired) electrons. The van der Waals surface area contributed by atoms with Crippen molar-refractivity contribution in [2.24, 2.45) is 5.92 Å². The summed E-state index contributed by atoms with van der Waals surface area (Å²) in [4.78, 5) is 4.66. The van der Waals surface area contributed by atoms with Crippen LogP contribution in [0.25, 0.3) is 22.0 Å². The smallest absolute Gasteiger partial charge is 0.216 e. The molecule has 2 aromatic heterocycles. The van der Waals surface area contributed by atoms with Crippen LogP contribution in [0, 0.1) is 11.9 Å². The van der Waals surface area contributed by atoms with Crippen molar-refractivity contribution in [3.63, 3.8) is 0 Å². The van der Waals surface area contributed by atoms with Gasteiger partial charge in [-0.1, -0.05) is 48.9 Å². The maximum atomic E-state index is 14.2. The van der Waals surface area contributed by atoms with Crippen LogP contribution in [0.1, 0.15) is 36.1 Å². The molecule has 4 heteroatoms. The van der Waals surface area contributed by atoms with Gasteiger partial charge in [0.05, 0.1) is 16.6 Å². The maximum Gasteiger partial charge on any atom is 0.216 e. The van der Waals surface area contributed by atoms with Gasteiger partial charge in [-0.2, -0.15) is 9.49 Å². The van der Waals surface area contributed by atoms with Crippen LogP contribution in [0.4, 0.5) is 4.39 Å². The first-order valence-electron chi connectivity index (χ1n) is 9.66. The number of hydrogen-bond donors (Lipinski definition) is 1. The van der Waals surface area contributed by atoms with E-state index in [1.165, 1.54) is 30.4 Å². The van der Waals surface area contributed by atoms with Crippen molar-refractivity contribution in [3.8, 4) is 0 Å². The Balaban J connectivity index is 1.81. The normalized spacial score (nSPS) is 15.3. The molecule has 1 N–H and O–H groups in total. The fourth-order valence-corrected chi connectivity index (χ4v) is 3.99. The molecule has 1 saturated carbocycles. The zero-order valence-corrected chi connectivity index (χ0v) is 15.4. The van der Waals surface area contributed by atoms with Gasteiger partial charge in [0.25, 0.3) is 0 Å². The largest absolute Gasteiger partial charge is 0.256 e. The number of nitrogens with zero attached hydrogens (tertiary/aromatic N) is 2. The molecule has 0 unspecified atom stereocenters. The summed E-state index contributed by atoms with van der Waals surface area (Å²) in [6.07, 6.45) is 5.40. The summed E-state index contributed by atoms with van der Waals surface area (Å²) in [7, 11) is 0. The van der Waals surface area contributed by atoms with E-state index in [0.717, 1.165) is 16.8 Å². The minimum atomic E-state index is -0.401. The van der Waals surface area contributed by atoms with Crippen molar-refractivity contribution in [2.45, 2.75) is 19.3 Å². The summed E-state index contributed by atoms with van der Waals surface area (Å²) in [5.74, 6) is 0.0893. The van der Waals surface area contributed by atoms with Crippen molar-refractivity contribution < 1.29 is 4.39 Å². The number of aromatic nitrogens is 3. The lowest BCUT2D eigenvalue weighted by Gasteiger charge is -2.31. The molecular weight excluding hydrogens is 349 g/mol. The van der Waals surface area contributed by atoms with E-state index in [4.69, 9.17) is 0 Å². The molecule has 138 valence electrons. The summed E-state index contributed by atoms with van der Waals surface area (Å²) >= 11 is 0. The minimum Gasteiger partial charge on any atom is -0.256 e. The molecule has 5 rings (SSSR count). The summed E-state index contributed by atoms with van der Waals surface area (Å²) in [6, 6.07) is 22.2. The molecule has 0 amide bonds. The molecule has 28 heavy (non-hydrogen) atoms. The Morgan fingerprint density at radius 3 is 2.46 bits per heavy atom. The van der Waals surface area contributed by atoms with E-state index in [2.05, 4.69) is 39.4 Å². The van der Waals surface area contributed by atoms with E-state index < -0.39 is 5.95 Å². The van der Waals surface area contributed by atoms with Crippen molar-refractivity contribution >= 4 is 22.0 Å². The van der Waals surface area contributed by atoms with Crippen LogP contribution >= 0.6 is 0 Å². The van der Waals surface area contributed by atoms with Crippen molar-refractivity contribution in [3.05, 3.63) is 95.7 Å². The van der Waals surface area contributed by atoms with Gasteiger partial charge in [-0.15, -0.1) is 0 Å². The Labute approximate surface area is 163 Å². The van der Waals surface area contributed by atoms with E-state index in [9.17, 15) is 4.39 Å². The predicted octanol–water partition coefficient (Wildman–Crippen LogP) is 5.86. The standard InChI is InChI=1S/C24H20FN3/c25-24-19-15-18(12-13-20(19)27-28-24)23(21-11-4-5-14-26-21)22(17-9-6-10-17)16-7-2-1-3-8-16/h1-5,7-8,11-15,17H,6,9-10H2,(H,27,28)/b23-22+. The molecule has 2 heterocycles. The van der Waals surface area contributed by atoms with Gasteiger partial charge in [0.1, 0.15) is 0 Å². The number of benzene rings is 2.